The highest BCUT2D eigenvalue weighted by atomic mass is 32.2. The van der Waals surface area contributed by atoms with Crippen LogP contribution in [0.2, 0.25) is 0 Å². The topological polar surface area (TPSA) is 84.7 Å². The molecule has 2 heterocycles. The summed E-state index contributed by atoms with van der Waals surface area (Å²) in [5.74, 6) is 0.353. The molecule has 1 saturated heterocycles. The zero-order valence-electron chi connectivity index (χ0n) is 11.5. The van der Waals surface area contributed by atoms with Crippen molar-refractivity contribution in [2.24, 2.45) is 0 Å². The predicted molar refractivity (Wildman–Crippen MR) is 76.8 cm³/mol. The molecule has 1 N–H and O–H groups in total. The molecule has 0 amide bonds. The Hall–Kier alpha value is -1.48. The lowest BCUT2D eigenvalue weighted by atomic mass is 10.3. The van der Waals surface area contributed by atoms with Gasteiger partial charge in [0.2, 0.25) is 5.89 Å². The number of fused-ring (bicyclic) bond motifs is 1. The Morgan fingerprint density at radius 2 is 2.10 bits per heavy atom. The van der Waals surface area contributed by atoms with Crippen molar-refractivity contribution in [3.8, 4) is 0 Å². The maximum Gasteiger partial charge on any atom is 0.279 e. The summed E-state index contributed by atoms with van der Waals surface area (Å²) in [7, 11) is -3.54. The predicted octanol–water partition coefficient (Wildman–Crippen LogP) is 0.884. The third-order valence-corrected chi connectivity index (χ3v) is 4.82. The molecule has 1 aromatic heterocycles. The minimum atomic E-state index is -3.54. The van der Waals surface area contributed by atoms with Crippen molar-refractivity contribution in [3.63, 3.8) is 0 Å². The van der Waals surface area contributed by atoms with Crippen molar-refractivity contribution in [1.82, 2.24) is 14.0 Å². The van der Waals surface area contributed by atoms with Crippen LogP contribution in [0.3, 0.4) is 0 Å². The summed E-state index contributed by atoms with van der Waals surface area (Å²) in [6.45, 7) is 1.88. The molecule has 0 spiro atoms. The third kappa shape index (κ3) is 3.41. The van der Waals surface area contributed by atoms with Gasteiger partial charge >= 0.3 is 0 Å². The fourth-order valence-electron chi connectivity index (χ4n) is 2.20. The number of nitrogens with zero attached hydrogens (tertiary/aromatic N) is 2. The van der Waals surface area contributed by atoms with Crippen LogP contribution in [-0.4, -0.2) is 44.0 Å². The number of rotatable bonds is 4. The number of benzene rings is 1. The van der Waals surface area contributed by atoms with Crippen molar-refractivity contribution in [1.29, 1.82) is 0 Å². The van der Waals surface area contributed by atoms with Gasteiger partial charge in [-0.2, -0.15) is 17.4 Å². The van der Waals surface area contributed by atoms with Crippen LogP contribution in [0, 0.1) is 0 Å². The summed E-state index contributed by atoms with van der Waals surface area (Å²) < 4.78 is 39.1. The van der Waals surface area contributed by atoms with E-state index in [9.17, 15) is 8.42 Å². The minimum absolute atomic E-state index is 0.0361. The minimum Gasteiger partial charge on any atom is -0.439 e. The first-order chi connectivity index (χ1) is 10.1. The largest absolute Gasteiger partial charge is 0.439 e. The summed E-state index contributed by atoms with van der Waals surface area (Å²) in [5, 5.41) is 0. The first-order valence-corrected chi connectivity index (χ1v) is 8.26. The molecule has 1 aliphatic rings. The van der Waals surface area contributed by atoms with E-state index in [1.54, 1.807) is 6.07 Å². The van der Waals surface area contributed by atoms with Crippen molar-refractivity contribution >= 4 is 21.3 Å². The van der Waals surface area contributed by atoms with E-state index in [4.69, 9.17) is 9.15 Å². The Bertz CT molecular complexity index is 672. The van der Waals surface area contributed by atoms with Crippen LogP contribution in [0.25, 0.3) is 11.1 Å². The van der Waals surface area contributed by atoms with Gasteiger partial charge < -0.3 is 9.15 Å². The highest BCUT2D eigenvalue weighted by Gasteiger charge is 2.23. The van der Waals surface area contributed by atoms with Gasteiger partial charge in [0.1, 0.15) is 5.52 Å². The van der Waals surface area contributed by atoms with Crippen LogP contribution >= 0.6 is 0 Å². The third-order valence-electron chi connectivity index (χ3n) is 3.27. The molecule has 114 valence electrons. The van der Waals surface area contributed by atoms with E-state index in [0.29, 0.717) is 44.2 Å². The van der Waals surface area contributed by atoms with Crippen LogP contribution in [0.4, 0.5) is 0 Å². The lowest BCUT2D eigenvalue weighted by molar-refractivity contribution is 0.148. The molecule has 1 aromatic carbocycles. The Labute approximate surface area is 123 Å². The first-order valence-electron chi connectivity index (χ1n) is 6.82. The van der Waals surface area contributed by atoms with Gasteiger partial charge in [-0.25, -0.2) is 4.98 Å². The number of aromatic nitrogens is 1. The van der Waals surface area contributed by atoms with Crippen molar-refractivity contribution in [2.45, 2.75) is 13.0 Å². The normalized spacial score (nSPS) is 17.9. The molecule has 0 aliphatic carbocycles. The number of ether oxygens (including phenoxy) is 1. The summed E-state index contributed by atoms with van der Waals surface area (Å²) in [6.07, 6.45) is 0.698. The van der Waals surface area contributed by atoms with Crippen molar-refractivity contribution in [2.75, 3.05) is 26.3 Å². The maximum absolute atomic E-state index is 12.2. The highest BCUT2D eigenvalue weighted by molar-refractivity contribution is 7.87. The average molecular weight is 311 g/mol. The molecule has 8 heteroatoms. The molecule has 0 atom stereocenters. The van der Waals surface area contributed by atoms with Gasteiger partial charge in [-0.1, -0.05) is 12.1 Å². The Morgan fingerprint density at radius 3 is 2.95 bits per heavy atom. The molecule has 0 radical (unpaired) electrons. The molecular formula is C13H17N3O4S. The molecular weight excluding hydrogens is 294 g/mol. The molecule has 1 aliphatic heterocycles. The number of nitrogens with one attached hydrogen (secondary N) is 1. The second-order valence-corrected chi connectivity index (χ2v) is 6.52. The SMILES string of the molecule is O=S(=O)(NCc1nc2ccccc2o1)N1CCCOCC1. The van der Waals surface area contributed by atoms with E-state index in [1.165, 1.54) is 4.31 Å². The Balaban J connectivity index is 1.67. The van der Waals surface area contributed by atoms with E-state index >= 15 is 0 Å². The van der Waals surface area contributed by atoms with Gasteiger partial charge in [-0.15, -0.1) is 0 Å². The lowest BCUT2D eigenvalue weighted by Gasteiger charge is -2.18. The molecule has 3 rings (SSSR count). The monoisotopic (exact) mass is 311 g/mol. The van der Waals surface area contributed by atoms with Crippen molar-refractivity contribution in [3.05, 3.63) is 30.2 Å². The Kier molecular flexibility index (Phi) is 4.20. The Morgan fingerprint density at radius 1 is 1.24 bits per heavy atom. The van der Waals surface area contributed by atoms with Crippen LogP contribution in [0.5, 0.6) is 0 Å². The van der Waals surface area contributed by atoms with Gasteiger partial charge in [0.15, 0.2) is 5.58 Å². The first kappa shape index (κ1) is 14.5. The fourth-order valence-corrected chi connectivity index (χ4v) is 3.38. The van der Waals surface area contributed by atoms with Gasteiger partial charge in [-0.3, -0.25) is 0 Å². The van der Waals surface area contributed by atoms with E-state index in [2.05, 4.69) is 9.71 Å². The van der Waals surface area contributed by atoms with Gasteiger partial charge in [0.25, 0.3) is 10.2 Å². The molecule has 0 saturated carbocycles. The van der Waals surface area contributed by atoms with Crippen LogP contribution in [-0.2, 0) is 21.5 Å². The molecule has 0 bridgehead atoms. The average Bonchev–Trinajstić information content (AvgIpc) is 2.69. The van der Waals surface area contributed by atoms with E-state index in [0.717, 1.165) is 5.52 Å². The van der Waals surface area contributed by atoms with Crippen molar-refractivity contribution < 1.29 is 17.6 Å². The highest BCUT2D eigenvalue weighted by Crippen LogP contribution is 2.15. The van der Waals surface area contributed by atoms with E-state index in [1.807, 2.05) is 18.2 Å². The second kappa shape index (κ2) is 6.10. The smallest absolute Gasteiger partial charge is 0.279 e. The van der Waals surface area contributed by atoms with Gasteiger partial charge in [0.05, 0.1) is 13.2 Å². The molecule has 2 aromatic rings. The maximum atomic E-state index is 12.2. The number of oxazole rings is 1. The number of hydrogen-bond acceptors (Lipinski definition) is 5. The number of hydrogen-bond donors (Lipinski definition) is 1. The van der Waals surface area contributed by atoms with Gasteiger partial charge in [0, 0.05) is 19.7 Å². The summed E-state index contributed by atoms with van der Waals surface area (Å²) in [6, 6.07) is 7.32. The quantitative estimate of drug-likeness (QED) is 0.906. The summed E-state index contributed by atoms with van der Waals surface area (Å²) >= 11 is 0. The summed E-state index contributed by atoms with van der Waals surface area (Å²) in [5.41, 5.74) is 1.37. The van der Waals surface area contributed by atoms with Gasteiger partial charge in [-0.05, 0) is 18.6 Å². The molecule has 7 nitrogen and oxygen atoms in total. The van der Waals surface area contributed by atoms with Crippen LogP contribution in [0.1, 0.15) is 12.3 Å². The van der Waals surface area contributed by atoms with Crippen LogP contribution in [0.15, 0.2) is 28.7 Å². The lowest BCUT2D eigenvalue weighted by Crippen LogP contribution is -2.41. The molecule has 1 fully saturated rings. The second-order valence-electron chi connectivity index (χ2n) is 4.77. The fraction of sp³-hybridized carbons (Fsp3) is 0.462. The zero-order chi connectivity index (χ0) is 14.7. The van der Waals surface area contributed by atoms with E-state index < -0.39 is 10.2 Å². The summed E-state index contributed by atoms with van der Waals surface area (Å²) in [4.78, 5) is 4.24. The molecule has 21 heavy (non-hydrogen) atoms. The molecule has 0 unspecified atom stereocenters. The van der Waals surface area contributed by atoms with Crippen LogP contribution < -0.4 is 4.72 Å². The zero-order valence-corrected chi connectivity index (χ0v) is 12.3. The standard InChI is InChI=1S/C13H17N3O4S/c17-21(18,16-6-3-8-19-9-7-16)14-10-13-15-11-4-1-2-5-12(11)20-13/h1-2,4-5,14H,3,6-10H2. The van der Waals surface area contributed by atoms with E-state index in [-0.39, 0.29) is 6.54 Å². The number of para-hydroxylation sites is 2.